The number of carboxylic acids is 1. The summed E-state index contributed by atoms with van der Waals surface area (Å²) < 4.78 is 29.5. The van der Waals surface area contributed by atoms with E-state index < -0.39 is 27.8 Å². The summed E-state index contributed by atoms with van der Waals surface area (Å²) in [6, 6.07) is 17.6. The topological polar surface area (TPSA) is 113 Å². The molecular weight excluding hydrogens is 575 g/mol. The SMILES string of the molecule is CS(=O)(=O)c1ccc(CN2CCC(Oc3ccc(C[C@H](NC(=O)c4c(Cl)cccc4Cl)C(=O)O)cc3)CC2)cc1. The highest BCUT2D eigenvalue weighted by Crippen LogP contribution is 2.25. The van der Waals surface area contributed by atoms with Crippen LogP contribution in [0, 0.1) is 0 Å². The molecule has 40 heavy (non-hydrogen) atoms. The van der Waals surface area contributed by atoms with Crippen LogP contribution in [0.15, 0.2) is 71.6 Å². The lowest BCUT2D eigenvalue weighted by Gasteiger charge is -2.32. The molecule has 1 fully saturated rings. The Morgan fingerprint density at radius 1 is 0.975 bits per heavy atom. The summed E-state index contributed by atoms with van der Waals surface area (Å²) in [4.78, 5) is 27.1. The molecule has 4 rings (SSSR count). The van der Waals surface area contributed by atoms with Crippen molar-refractivity contribution in [3.8, 4) is 5.75 Å². The second kappa shape index (κ2) is 13.0. The third-order valence-electron chi connectivity index (χ3n) is 6.75. The van der Waals surface area contributed by atoms with Crippen LogP contribution < -0.4 is 10.1 Å². The van der Waals surface area contributed by atoms with Crippen molar-refractivity contribution >= 4 is 44.9 Å². The molecule has 0 aliphatic carbocycles. The van der Waals surface area contributed by atoms with Gasteiger partial charge >= 0.3 is 5.97 Å². The number of nitrogens with one attached hydrogen (secondary N) is 1. The summed E-state index contributed by atoms with van der Waals surface area (Å²) in [6.45, 7) is 2.45. The van der Waals surface area contributed by atoms with E-state index in [1.54, 1.807) is 42.5 Å². The minimum atomic E-state index is -3.20. The maximum atomic E-state index is 12.7. The lowest BCUT2D eigenvalue weighted by molar-refractivity contribution is -0.139. The summed E-state index contributed by atoms with van der Waals surface area (Å²) in [6.07, 6.45) is 3.03. The van der Waals surface area contributed by atoms with Gasteiger partial charge in [-0.1, -0.05) is 53.5 Å². The second-order valence-electron chi connectivity index (χ2n) is 9.82. The molecular formula is C29H30Cl2N2O6S. The number of aliphatic carboxylic acids is 1. The zero-order valence-corrected chi connectivity index (χ0v) is 24.2. The number of sulfone groups is 1. The van der Waals surface area contributed by atoms with Gasteiger partial charge in [-0.3, -0.25) is 9.69 Å². The number of piperidine rings is 1. The van der Waals surface area contributed by atoms with Gasteiger partial charge < -0.3 is 15.2 Å². The van der Waals surface area contributed by atoms with Crippen molar-refractivity contribution in [1.82, 2.24) is 10.2 Å². The smallest absolute Gasteiger partial charge is 0.326 e. The molecule has 1 saturated heterocycles. The van der Waals surface area contributed by atoms with Crippen molar-refractivity contribution in [2.45, 2.75) is 42.8 Å². The molecule has 8 nitrogen and oxygen atoms in total. The lowest BCUT2D eigenvalue weighted by atomic mass is 10.0. The van der Waals surface area contributed by atoms with Crippen molar-refractivity contribution < 1.29 is 27.9 Å². The number of amides is 1. The van der Waals surface area contributed by atoms with Crippen LogP contribution in [-0.2, 0) is 27.6 Å². The Morgan fingerprint density at radius 3 is 2.10 bits per heavy atom. The molecule has 1 atom stereocenters. The van der Waals surface area contributed by atoms with E-state index in [4.69, 9.17) is 27.9 Å². The zero-order valence-electron chi connectivity index (χ0n) is 21.8. The molecule has 0 spiro atoms. The molecule has 1 heterocycles. The molecule has 3 aromatic rings. The molecule has 1 amide bonds. The van der Waals surface area contributed by atoms with Gasteiger partial charge in [-0.2, -0.15) is 0 Å². The molecule has 1 aliphatic heterocycles. The van der Waals surface area contributed by atoms with E-state index in [1.807, 2.05) is 12.1 Å². The van der Waals surface area contributed by atoms with E-state index >= 15 is 0 Å². The number of hydrogen-bond donors (Lipinski definition) is 2. The summed E-state index contributed by atoms with van der Waals surface area (Å²) >= 11 is 12.2. The highest BCUT2D eigenvalue weighted by Gasteiger charge is 2.24. The first-order valence-electron chi connectivity index (χ1n) is 12.7. The third kappa shape index (κ3) is 7.97. The minimum absolute atomic E-state index is 0.0386. The van der Waals surface area contributed by atoms with Crippen LogP contribution in [0.25, 0.3) is 0 Å². The predicted molar refractivity (Wildman–Crippen MR) is 154 cm³/mol. The number of hydrogen-bond acceptors (Lipinski definition) is 6. The van der Waals surface area contributed by atoms with Gasteiger partial charge in [0.05, 0.1) is 20.5 Å². The fraction of sp³-hybridized carbons (Fsp3) is 0.310. The highest BCUT2D eigenvalue weighted by atomic mass is 35.5. The zero-order chi connectivity index (χ0) is 28.9. The van der Waals surface area contributed by atoms with E-state index in [0.717, 1.165) is 43.6 Å². The van der Waals surface area contributed by atoms with Gasteiger partial charge in [-0.05, 0) is 60.4 Å². The molecule has 212 valence electrons. The largest absolute Gasteiger partial charge is 0.490 e. The first kappa shape index (κ1) is 29.9. The van der Waals surface area contributed by atoms with Gasteiger partial charge in [0.2, 0.25) is 0 Å². The fourth-order valence-electron chi connectivity index (χ4n) is 4.56. The van der Waals surface area contributed by atoms with Gasteiger partial charge in [0.25, 0.3) is 5.91 Å². The molecule has 0 bridgehead atoms. The number of halogens is 2. The molecule has 0 saturated carbocycles. The van der Waals surface area contributed by atoms with Crippen molar-refractivity contribution in [1.29, 1.82) is 0 Å². The number of likely N-dealkylation sites (tertiary alicyclic amines) is 1. The number of ether oxygens (including phenoxy) is 1. The fourth-order valence-corrected chi connectivity index (χ4v) is 5.76. The number of rotatable bonds is 10. The average molecular weight is 606 g/mol. The normalized spacial score (nSPS) is 15.4. The maximum Gasteiger partial charge on any atom is 0.326 e. The van der Waals surface area contributed by atoms with Gasteiger partial charge in [-0.15, -0.1) is 0 Å². The summed E-state index contributed by atoms with van der Waals surface area (Å²) in [5, 5.41) is 12.5. The van der Waals surface area contributed by atoms with Crippen molar-refractivity contribution in [3.63, 3.8) is 0 Å². The Kier molecular flexibility index (Phi) is 9.73. The van der Waals surface area contributed by atoms with Gasteiger partial charge in [-0.25, -0.2) is 13.2 Å². The summed E-state index contributed by atoms with van der Waals surface area (Å²) in [5.74, 6) is -1.13. The Balaban J connectivity index is 1.27. The minimum Gasteiger partial charge on any atom is -0.490 e. The average Bonchev–Trinajstić information content (AvgIpc) is 2.90. The Bertz CT molecular complexity index is 1430. The summed E-state index contributed by atoms with van der Waals surface area (Å²) in [7, 11) is -3.20. The maximum absolute atomic E-state index is 12.7. The first-order chi connectivity index (χ1) is 19.0. The van der Waals surface area contributed by atoms with Crippen LogP contribution in [0.5, 0.6) is 5.75 Å². The number of carbonyl (C=O) groups excluding carboxylic acids is 1. The van der Waals surface area contributed by atoms with Crippen molar-refractivity contribution in [2.75, 3.05) is 19.3 Å². The van der Waals surface area contributed by atoms with Gasteiger partial charge in [0.1, 0.15) is 17.9 Å². The van der Waals surface area contributed by atoms with Crippen LogP contribution in [-0.4, -0.2) is 61.8 Å². The number of nitrogens with zero attached hydrogens (tertiary/aromatic N) is 1. The van der Waals surface area contributed by atoms with Crippen molar-refractivity contribution in [3.05, 3.63) is 93.5 Å². The highest BCUT2D eigenvalue weighted by molar-refractivity contribution is 7.90. The van der Waals surface area contributed by atoms with Crippen LogP contribution in [0.4, 0.5) is 0 Å². The summed E-state index contributed by atoms with van der Waals surface area (Å²) in [5.41, 5.74) is 1.83. The van der Waals surface area contributed by atoms with Gasteiger partial charge in [0, 0.05) is 32.3 Å². The first-order valence-corrected chi connectivity index (χ1v) is 15.4. The number of carbonyl (C=O) groups is 2. The Hall–Kier alpha value is -3.11. The van der Waals surface area contributed by atoms with Crippen molar-refractivity contribution in [2.24, 2.45) is 0 Å². The van der Waals surface area contributed by atoms with Crippen LogP contribution >= 0.6 is 23.2 Å². The van der Waals surface area contributed by atoms with E-state index in [1.165, 1.54) is 18.4 Å². The molecule has 1 aliphatic rings. The molecule has 11 heteroatoms. The Labute approximate surface area is 243 Å². The predicted octanol–water partition coefficient (Wildman–Crippen LogP) is 4.87. The van der Waals surface area contributed by atoms with Crippen LogP contribution in [0.1, 0.15) is 34.3 Å². The monoisotopic (exact) mass is 604 g/mol. The quantitative estimate of drug-likeness (QED) is 0.339. The molecule has 0 unspecified atom stereocenters. The van der Waals surface area contributed by atoms with E-state index in [2.05, 4.69) is 10.2 Å². The van der Waals surface area contributed by atoms with E-state index in [9.17, 15) is 23.1 Å². The number of carboxylic acid groups (broad SMARTS) is 1. The third-order valence-corrected chi connectivity index (χ3v) is 8.51. The number of benzene rings is 3. The van der Waals surface area contributed by atoms with E-state index in [-0.39, 0.29) is 28.1 Å². The van der Waals surface area contributed by atoms with Gasteiger partial charge in [0.15, 0.2) is 9.84 Å². The Morgan fingerprint density at radius 2 is 1.55 bits per heavy atom. The molecule has 3 aromatic carbocycles. The lowest BCUT2D eigenvalue weighted by Crippen LogP contribution is -2.42. The van der Waals surface area contributed by atoms with E-state index in [0.29, 0.717) is 10.6 Å². The van der Waals surface area contributed by atoms with Crippen LogP contribution in [0.2, 0.25) is 10.0 Å². The molecule has 2 N–H and O–H groups in total. The standard InChI is InChI=1S/C29H30Cl2N2O6S/c1-40(37,38)23-11-7-20(8-12-23)18-33-15-13-22(14-16-33)39-21-9-5-19(6-10-21)17-26(29(35)36)32-28(34)27-24(30)3-2-4-25(27)31/h2-12,22,26H,13-18H2,1H3,(H,32,34)(H,35,36)/t26-/m0/s1. The van der Waals surface area contributed by atoms with Crippen LogP contribution in [0.3, 0.4) is 0 Å². The molecule has 0 radical (unpaired) electrons. The molecule has 0 aromatic heterocycles. The second-order valence-corrected chi connectivity index (χ2v) is 12.6.